The molecule has 2 rings (SSSR count). The zero-order valence-electron chi connectivity index (χ0n) is 12.1. The summed E-state index contributed by atoms with van der Waals surface area (Å²) in [4.78, 5) is 0. The predicted octanol–water partition coefficient (Wildman–Crippen LogP) is 4.82. The molecular formula is C17H18ClF2N. The smallest absolute Gasteiger partial charge is 0.123 e. The van der Waals surface area contributed by atoms with Crippen molar-refractivity contribution in [1.82, 2.24) is 5.32 Å². The molecule has 2 aromatic carbocycles. The minimum Gasteiger partial charge on any atom is -0.310 e. The molecule has 0 aliphatic rings. The van der Waals surface area contributed by atoms with E-state index in [2.05, 4.69) is 5.32 Å². The second-order valence-electron chi connectivity index (χ2n) is 5.05. The van der Waals surface area contributed by atoms with E-state index >= 15 is 0 Å². The maximum atomic E-state index is 13.5. The normalized spacial score (nSPS) is 12.4. The number of aryl methyl sites for hydroxylation is 1. The first-order valence-electron chi connectivity index (χ1n) is 6.94. The first-order chi connectivity index (χ1) is 10.0. The molecule has 0 heterocycles. The van der Waals surface area contributed by atoms with Gasteiger partial charge in [-0.25, -0.2) is 8.78 Å². The molecule has 0 amide bonds. The largest absolute Gasteiger partial charge is 0.310 e. The van der Waals surface area contributed by atoms with E-state index in [-0.39, 0.29) is 17.7 Å². The van der Waals surface area contributed by atoms with Crippen LogP contribution in [0.2, 0.25) is 5.02 Å². The van der Waals surface area contributed by atoms with Crippen LogP contribution in [0.1, 0.15) is 29.7 Å². The van der Waals surface area contributed by atoms with E-state index in [1.807, 2.05) is 13.8 Å². The van der Waals surface area contributed by atoms with Gasteiger partial charge in [-0.3, -0.25) is 0 Å². The van der Waals surface area contributed by atoms with Crippen molar-refractivity contribution in [2.24, 2.45) is 0 Å². The first-order valence-corrected chi connectivity index (χ1v) is 7.32. The third-order valence-corrected chi connectivity index (χ3v) is 3.87. The fraction of sp³-hybridized carbons (Fsp3) is 0.294. The maximum Gasteiger partial charge on any atom is 0.123 e. The zero-order chi connectivity index (χ0) is 15.4. The van der Waals surface area contributed by atoms with Gasteiger partial charge in [0.25, 0.3) is 0 Å². The van der Waals surface area contributed by atoms with Crippen LogP contribution in [0.3, 0.4) is 0 Å². The van der Waals surface area contributed by atoms with Crippen LogP contribution in [-0.4, -0.2) is 6.54 Å². The van der Waals surface area contributed by atoms with Crippen molar-refractivity contribution < 1.29 is 8.78 Å². The molecule has 112 valence electrons. The molecule has 21 heavy (non-hydrogen) atoms. The van der Waals surface area contributed by atoms with Gasteiger partial charge in [-0.2, -0.15) is 0 Å². The fourth-order valence-electron chi connectivity index (χ4n) is 2.44. The number of halogens is 3. The van der Waals surface area contributed by atoms with Gasteiger partial charge in [0.2, 0.25) is 0 Å². The predicted molar refractivity (Wildman–Crippen MR) is 82.7 cm³/mol. The summed E-state index contributed by atoms with van der Waals surface area (Å²) in [6.45, 7) is 4.65. The van der Waals surface area contributed by atoms with Crippen molar-refractivity contribution >= 4 is 11.6 Å². The number of benzene rings is 2. The molecule has 1 unspecified atom stereocenters. The van der Waals surface area contributed by atoms with Gasteiger partial charge in [-0.15, -0.1) is 0 Å². The van der Waals surface area contributed by atoms with Crippen molar-refractivity contribution in [1.29, 1.82) is 0 Å². The van der Waals surface area contributed by atoms with Crippen molar-refractivity contribution in [2.45, 2.75) is 26.3 Å². The number of nitrogens with one attached hydrogen (secondary N) is 1. The van der Waals surface area contributed by atoms with Crippen LogP contribution >= 0.6 is 11.6 Å². The lowest BCUT2D eigenvalue weighted by atomic mass is 9.95. The summed E-state index contributed by atoms with van der Waals surface area (Å²) < 4.78 is 26.9. The van der Waals surface area contributed by atoms with Crippen molar-refractivity contribution in [3.8, 4) is 0 Å². The third kappa shape index (κ3) is 4.02. The Bertz CT molecular complexity index is 628. The van der Waals surface area contributed by atoms with Crippen LogP contribution in [0, 0.1) is 18.6 Å². The lowest BCUT2D eigenvalue weighted by Gasteiger charge is -2.21. The Morgan fingerprint density at radius 3 is 2.48 bits per heavy atom. The highest BCUT2D eigenvalue weighted by Gasteiger charge is 2.16. The van der Waals surface area contributed by atoms with Crippen molar-refractivity contribution in [3.63, 3.8) is 0 Å². The Hall–Kier alpha value is -1.45. The molecular weight excluding hydrogens is 292 g/mol. The topological polar surface area (TPSA) is 12.0 Å². The van der Waals surface area contributed by atoms with E-state index in [4.69, 9.17) is 11.6 Å². The van der Waals surface area contributed by atoms with Crippen molar-refractivity contribution in [2.75, 3.05) is 6.54 Å². The number of hydrogen-bond acceptors (Lipinski definition) is 1. The average molecular weight is 310 g/mol. The quantitative estimate of drug-likeness (QED) is 0.835. The summed E-state index contributed by atoms with van der Waals surface area (Å²) in [5.74, 6) is -0.593. The van der Waals surface area contributed by atoms with Crippen LogP contribution in [0.25, 0.3) is 0 Å². The highest BCUT2D eigenvalue weighted by Crippen LogP contribution is 2.26. The second kappa shape index (κ2) is 7.01. The highest BCUT2D eigenvalue weighted by atomic mass is 35.5. The molecule has 0 fully saturated rings. The number of rotatable bonds is 5. The second-order valence-corrected chi connectivity index (χ2v) is 5.46. The van der Waals surface area contributed by atoms with Gasteiger partial charge in [0.05, 0.1) is 0 Å². The van der Waals surface area contributed by atoms with Gasteiger partial charge in [0.1, 0.15) is 11.6 Å². The fourth-order valence-corrected chi connectivity index (χ4v) is 2.64. The molecule has 1 nitrogen and oxygen atoms in total. The van der Waals surface area contributed by atoms with Gasteiger partial charge < -0.3 is 5.32 Å². The Morgan fingerprint density at radius 1 is 1.10 bits per heavy atom. The molecule has 0 aliphatic heterocycles. The molecule has 0 saturated heterocycles. The van der Waals surface area contributed by atoms with E-state index in [9.17, 15) is 8.78 Å². The molecule has 0 radical (unpaired) electrons. The molecule has 0 saturated carbocycles. The SMILES string of the molecule is CCNC(Cc1cc(F)ccc1Cl)c1cc(F)ccc1C. The summed E-state index contributed by atoms with van der Waals surface area (Å²) in [6.07, 6.45) is 0.509. The van der Waals surface area contributed by atoms with Gasteiger partial charge in [0, 0.05) is 11.1 Å². The minimum absolute atomic E-state index is 0.106. The summed E-state index contributed by atoms with van der Waals surface area (Å²) in [7, 11) is 0. The molecule has 0 aromatic heterocycles. The zero-order valence-corrected chi connectivity index (χ0v) is 12.8. The number of hydrogen-bond donors (Lipinski definition) is 1. The first kappa shape index (κ1) is 15.9. The van der Waals surface area contributed by atoms with Gasteiger partial charge in [-0.1, -0.05) is 24.6 Å². The lowest BCUT2D eigenvalue weighted by Crippen LogP contribution is -2.24. The van der Waals surface area contributed by atoms with Crippen LogP contribution < -0.4 is 5.32 Å². The van der Waals surface area contributed by atoms with Crippen LogP contribution in [-0.2, 0) is 6.42 Å². The number of likely N-dealkylation sites (N-methyl/N-ethyl adjacent to an activating group) is 1. The molecule has 4 heteroatoms. The van der Waals surface area contributed by atoms with E-state index in [0.29, 0.717) is 17.0 Å². The molecule has 2 aromatic rings. The maximum absolute atomic E-state index is 13.5. The molecule has 0 spiro atoms. The molecule has 1 N–H and O–H groups in total. The third-order valence-electron chi connectivity index (χ3n) is 3.50. The van der Waals surface area contributed by atoms with E-state index in [1.165, 1.54) is 24.3 Å². The highest BCUT2D eigenvalue weighted by molar-refractivity contribution is 6.31. The van der Waals surface area contributed by atoms with E-state index in [1.54, 1.807) is 12.1 Å². The van der Waals surface area contributed by atoms with Gasteiger partial charge >= 0.3 is 0 Å². The standard InChI is InChI=1S/C17H18ClF2N/c1-3-21-17(15-10-14(20)5-4-11(15)2)9-12-8-13(19)6-7-16(12)18/h4-8,10,17,21H,3,9H2,1-2H3. The minimum atomic E-state index is -0.319. The summed E-state index contributed by atoms with van der Waals surface area (Å²) >= 11 is 6.13. The Labute approximate surface area is 128 Å². The lowest BCUT2D eigenvalue weighted by molar-refractivity contribution is 0.537. The monoisotopic (exact) mass is 309 g/mol. The summed E-state index contributed by atoms with van der Waals surface area (Å²) in [5, 5.41) is 3.84. The van der Waals surface area contributed by atoms with Gasteiger partial charge in [-0.05, 0) is 66.9 Å². The Morgan fingerprint density at radius 2 is 1.76 bits per heavy atom. The average Bonchev–Trinajstić information content (AvgIpc) is 2.45. The van der Waals surface area contributed by atoms with Crippen LogP contribution in [0.5, 0.6) is 0 Å². The summed E-state index contributed by atoms with van der Waals surface area (Å²) in [5.41, 5.74) is 2.58. The summed E-state index contributed by atoms with van der Waals surface area (Å²) in [6, 6.07) is 8.93. The Balaban J connectivity index is 2.35. The van der Waals surface area contributed by atoms with Gasteiger partial charge in [0.15, 0.2) is 0 Å². The molecule has 1 atom stereocenters. The van der Waals surface area contributed by atoms with Crippen molar-refractivity contribution in [3.05, 3.63) is 69.7 Å². The van der Waals surface area contributed by atoms with E-state index in [0.717, 1.165) is 17.7 Å². The molecule has 0 bridgehead atoms. The Kier molecular flexibility index (Phi) is 5.32. The van der Waals surface area contributed by atoms with Crippen LogP contribution in [0.4, 0.5) is 8.78 Å². The van der Waals surface area contributed by atoms with Crippen LogP contribution in [0.15, 0.2) is 36.4 Å². The molecule has 0 aliphatic carbocycles. The van der Waals surface area contributed by atoms with E-state index < -0.39 is 0 Å².